The third-order valence-corrected chi connectivity index (χ3v) is 5.64. The second-order valence-corrected chi connectivity index (χ2v) is 6.84. The molecule has 0 radical (unpaired) electrons. The van der Waals surface area contributed by atoms with Gasteiger partial charge in [-0.2, -0.15) is 0 Å². The predicted octanol–water partition coefficient (Wildman–Crippen LogP) is 1.12. The van der Waals surface area contributed by atoms with Gasteiger partial charge in [0.2, 0.25) is 0 Å². The topological polar surface area (TPSA) is 36.3 Å². The first-order chi connectivity index (χ1) is 10.3. The Morgan fingerprint density at radius 1 is 1.10 bits per heavy atom. The molecule has 2 fully saturated rings. The van der Waals surface area contributed by atoms with Crippen LogP contribution in [0.1, 0.15) is 43.1 Å². The highest BCUT2D eigenvalue weighted by Crippen LogP contribution is 2.29. The van der Waals surface area contributed by atoms with Crippen LogP contribution in [0.25, 0.3) is 0 Å². The van der Waals surface area contributed by atoms with Crippen molar-refractivity contribution in [2.45, 2.75) is 44.3 Å². The number of fused-ring (bicyclic) bond motifs is 1. The first-order valence-corrected chi connectivity index (χ1v) is 8.52. The lowest BCUT2D eigenvalue weighted by atomic mass is 10.0. The molecule has 1 unspecified atom stereocenters. The molecule has 0 aromatic carbocycles. The standard InChI is InChI=1S/C16H27N5/c1-19-12-18-14-10-17-11-15(16(14)19)21-8-6-20(7-9-21)13-4-2-3-5-13/h12-13,15,17H,2-11H2,1H3. The van der Waals surface area contributed by atoms with Crippen LogP contribution >= 0.6 is 0 Å². The average Bonchev–Trinajstić information content (AvgIpc) is 3.18. The van der Waals surface area contributed by atoms with Gasteiger partial charge < -0.3 is 9.88 Å². The maximum atomic E-state index is 4.54. The fraction of sp³-hybridized carbons (Fsp3) is 0.812. The molecule has 5 heteroatoms. The molecule has 116 valence electrons. The van der Waals surface area contributed by atoms with Crippen molar-refractivity contribution in [2.24, 2.45) is 7.05 Å². The van der Waals surface area contributed by atoms with Gasteiger partial charge in [-0.1, -0.05) is 12.8 Å². The average molecular weight is 289 g/mol. The van der Waals surface area contributed by atoms with E-state index in [-0.39, 0.29) is 0 Å². The number of aromatic nitrogens is 2. The minimum atomic E-state index is 0.506. The van der Waals surface area contributed by atoms with Gasteiger partial charge in [-0.3, -0.25) is 9.80 Å². The molecule has 2 aliphatic heterocycles. The summed E-state index contributed by atoms with van der Waals surface area (Å²) in [5.41, 5.74) is 2.68. The minimum absolute atomic E-state index is 0.506. The lowest BCUT2D eigenvalue weighted by Crippen LogP contribution is -2.52. The zero-order valence-electron chi connectivity index (χ0n) is 13.1. The Labute approximate surface area is 127 Å². The SMILES string of the molecule is Cn1cnc2c1C(N1CCN(C3CCCC3)CC1)CNC2. The maximum absolute atomic E-state index is 4.54. The summed E-state index contributed by atoms with van der Waals surface area (Å²) >= 11 is 0. The minimum Gasteiger partial charge on any atom is -0.336 e. The van der Waals surface area contributed by atoms with E-state index in [1.54, 1.807) is 0 Å². The quantitative estimate of drug-likeness (QED) is 0.885. The number of hydrogen-bond acceptors (Lipinski definition) is 4. The summed E-state index contributed by atoms with van der Waals surface area (Å²) in [6, 6.07) is 1.39. The van der Waals surface area contributed by atoms with Crippen molar-refractivity contribution < 1.29 is 0 Å². The normalized spacial score (nSPS) is 28.9. The predicted molar refractivity (Wildman–Crippen MR) is 83.1 cm³/mol. The first-order valence-electron chi connectivity index (χ1n) is 8.52. The van der Waals surface area contributed by atoms with Gasteiger partial charge >= 0.3 is 0 Å². The Balaban J connectivity index is 1.43. The fourth-order valence-corrected chi connectivity index (χ4v) is 4.46. The zero-order valence-corrected chi connectivity index (χ0v) is 13.1. The molecule has 1 saturated heterocycles. The fourth-order valence-electron chi connectivity index (χ4n) is 4.46. The molecule has 21 heavy (non-hydrogen) atoms. The van der Waals surface area contributed by atoms with E-state index < -0.39 is 0 Å². The smallest absolute Gasteiger partial charge is 0.0950 e. The van der Waals surface area contributed by atoms with Gasteiger partial charge in [0.05, 0.1) is 23.8 Å². The summed E-state index contributed by atoms with van der Waals surface area (Å²) in [4.78, 5) is 9.95. The van der Waals surface area contributed by atoms with E-state index in [0.717, 1.165) is 19.1 Å². The molecule has 0 bridgehead atoms. The molecular formula is C16H27N5. The Morgan fingerprint density at radius 3 is 2.57 bits per heavy atom. The number of aryl methyl sites for hydroxylation is 1. The van der Waals surface area contributed by atoms with E-state index in [1.165, 1.54) is 63.3 Å². The van der Waals surface area contributed by atoms with Crippen molar-refractivity contribution in [3.63, 3.8) is 0 Å². The Morgan fingerprint density at radius 2 is 1.81 bits per heavy atom. The van der Waals surface area contributed by atoms with Crippen molar-refractivity contribution in [1.29, 1.82) is 0 Å². The van der Waals surface area contributed by atoms with E-state index in [9.17, 15) is 0 Å². The van der Waals surface area contributed by atoms with Crippen LogP contribution in [0.4, 0.5) is 0 Å². The monoisotopic (exact) mass is 289 g/mol. The van der Waals surface area contributed by atoms with Crippen LogP contribution in [0.3, 0.4) is 0 Å². The molecule has 1 saturated carbocycles. The highest BCUT2D eigenvalue weighted by atomic mass is 15.3. The zero-order chi connectivity index (χ0) is 14.2. The van der Waals surface area contributed by atoms with Gasteiger partial charge in [0.25, 0.3) is 0 Å². The Kier molecular flexibility index (Phi) is 3.73. The highest BCUT2D eigenvalue weighted by molar-refractivity contribution is 5.21. The van der Waals surface area contributed by atoms with Gasteiger partial charge in [-0.05, 0) is 12.8 Å². The van der Waals surface area contributed by atoms with Crippen LogP contribution in [0.15, 0.2) is 6.33 Å². The third kappa shape index (κ3) is 2.51. The molecule has 0 spiro atoms. The van der Waals surface area contributed by atoms with Crippen LogP contribution in [0, 0.1) is 0 Å². The number of nitrogens with zero attached hydrogens (tertiary/aromatic N) is 4. The molecule has 4 rings (SSSR count). The summed E-state index contributed by atoms with van der Waals surface area (Å²) in [5, 5.41) is 3.54. The van der Waals surface area contributed by atoms with Crippen LogP contribution in [-0.2, 0) is 13.6 Å². The number of piperazine rings is 1. The summed E-state index contributed by atoms with van der Waals surface area (Å²) < 4.78 is 2.23. The van der Waals surface area contributed by atoms with Gasteiger partial charge in [0.15, 0.2) is 0 Å². The van der Waals surface area contributed by atoms with Gasteiger partial charge in [0, 0.05) is 52.4 Å². The van der Waals surface area contributed by atoms with Crippen LogP contribution < -0.4 is 5.32 Å². The van der Waals surface area contributed by atoms with E-state index >= 15 is 0 Å². The van der Waals surface area contributed by atoms with E-state index in [2.05, 4.69) is 31.7 Å². The van der Waals surface area contributed by atoms with E-state index in [1.807, 2.05) is 6.33 Å². The number of imidazole rings is 1. The second kappa shape index (κ2) is 5.71. The molecule has 5 nitrogen and oxygen atoms in total. The van der Waals surface area contributed by atoms with Crippen LogP contribution in [0.5, 0.6) is 0 Å². The summed E-state index contributed by atoms with van der Waals surface area (Å²) in [5.74, 6) is 0. The molecular weight excluding hydrogens is 262 g/mol. The van der Waals surface area contributed by atoms with E-state index in [4.69, 9.17) is 0 Å². The molecule has 3 aliphatic rings. The number of hydrogen-bond donors (Lipinski definition) is 1. The molecule has 1 atom stereocenters. The van der Waals surface area contributed by atoms with E-state index in [0.29, 0.717) is 6.04 Å². The molecule has 1 aromatic rings. The Bertz CT molecular complexity index is 483. The van der Waals surface area contributed by atoms with Crippen LogP contribution in [-0.4, -0.2) is 58.1 Å². The van der Waals surface area contributed by atoms with Gasteiger partial charge in [-0.25, -0.2) is 4.98 Å². The van der Waals surface area contributed by atoms with Crippen molar-refractivity contribution in [2.75, 3.05) is 32.7 Å². The van der Waals surface area contributed by atoms with Gasteiger partial charge in [-0.15, -0.1) is 0 Å². The number of nitrogens with one attached hydrogen (secondary N) is 1. The third-order valence-electron chi connectivity index (χ3n) is 5.64. The number of rotatable bonds is 2. The van der Waals surface area contributed by atoms with Crippen molar-refractivity contribution in [1.82, 2.24) is 24.7 Å². The van der Waals surface area contributed by atoms with Crippen LogP contribution in [0.2, 0.25) is 0 Å². The largest absolute Gasteiger partial charge is 0.336 e. The summed E-state index contributed by atoms with van der Waals surface area (Å²) in [7, 11) is 2.14. The summed E-state index contributed by atoms with van der Waals surface area (Å²) in [6.45, 7) is 6.88. The molecule has 1 aromatic heterocycles. The summed E-state index contributed by atoms with van der Waals surface area (Å²) in [6.07, 6.45) is 7.71. The van der Waals surface area contributed by atoms with Gasteiger partial charge in [0.1, 0.15) is 0 Å². The lowest BCUT2D eigenvalue weighted by molar-refractivity contribution is 0.0650. The second-order valence-electron chi connectivity index (χ2n) is 6.84. The maximum Gasteiger partial charge on any atom is 0.0950 e. The lowest BCUT2D eigenvalue weighted by Gasteiger charge is -2.42. The van der Waals surface area contributed by atoms with Crippen molar-refractivity contribution in [3.05, 3.63) is 17.7 Å². The molecule has 1 aliphatic carbocycles. The first kappa shape index (κ1) is 13.7. The molecule has 0 amide bonds. The highest BCUT2D eigenvalue weighted by Gasteiger charge is 2.33. The van der Waals surface area contributed by atoms with Crippen molar-refractivity contribution >= 4 is 0 Å². The van der Waals surface area contributed by atoms with Crippen molar-refractivity contribution in [3.8, 4) is 0 Å². The molecule has 3 heterocycles. The Hall–Kier alpha value is -0.910. The molecule has 1 N–H and O–H groups in total.